The van der Waals surface area contributed by atoms with Crippen molar-refractivity contribution in [3.63, 3.8) is 0 Å². The smallest absolute Gasteiger partial charge is 0.236 e. The fraction of sp³-hybridized carbons (Fsp3) is 0.643. The topological polar surface area (TPSA) is 35.6 Å². The van der Waals surface area contributed by atoms with Gasteiger partial charge in [-0.25, -0.2) is 0 Å². The molecule has 1 aromatic rings. The summed E-state index contributed by atoms with van der Waals surface area (Å²) in [5, 5.41) is 3.38. The summed E-state index contributed by atoms with van der Waals surface area (Å²) in [5.74, 6) is 0.155. The summed E-state index contributed by atoms with van der Waals surface area (Å²) in [4.78, 5) is 17.3. The minimum atomic E-state index is 0.155. The van der Waals surface area contributed by atoms with Gasteiger partial charge in [0.2, 0.25) is 5.91 Å². The lowest BCUT2D eigenvalue weighted by Gasteiger charge is -2.32. The van der Waals surface area contributed by atoms with E-state index in [4.69, 9.17) is 11.6 Å². The molecule has 1 unspecified atom stereocenters. The third-order valence-corrected chi connectivity index (χ3v) is 4.94. The Morgan fingerprint density at radius 3 is 2.90 bits per heavy atom. The first kappa shape index (κ1) is 15.8. The van der Waals surface area contributed by atoms with Gasteiger partial charge in [0.25, 0.3) is 0 Å². The summed E-state index contributed by atoms with van der Waals surface area (Å²) >= 11 is 7.44. The summed E-state index contributed by atoms with van der Waals surface area (Å²) < 4.78 is 0.770. The van der Waals surface area contributed by atoms with E-state index < -0.39 is 0 Å². The highest BCUT2D eigenvalue weighted by Crippen LogP contribution is 2.22. The summed E-state index contributed by atoms with van der Waals surface area (Å²) in [7, 11) is 3.88. The maximum absolute atomic E-state index is 12.2. The van der Waals surface area contributed by atoms with Crippen LogP contribution in [0.3, 0.4) is 0 Å². The lowest BCUT2D eigenvalue weighted by atomic mass is 10.1. The molecule has 2 heterocycles. The number of halogens is 1. The normalized spacial score (nSPS) is 19.3. The van der Waals surface area contributed by atoms with E-state index in [1.165, 1.54) is 24.2 Å². The van der Waals surface area contributed by atoms with Gasteiger partial charge in [0.05, 0.1) is 17.4 Å². The second-order valence-corrected chi connectivity index (χ2v) is 7.17. The Hall–Kier alpha value is -0.620. The van der Waals surface area contributed by atoms with E-state index in [9.17, 15) is 4.79 Å². The molecule has 0 aliphatic carbocycles. The van der Waals surface area contributed by atoms with Gasteiger partial charge in [-0.15, -0.1) is 11.3 Å². The highest BCUT2D eigenvalue weighted by molar-refractivity contribution is 7.16. The fourth-order valence-corrected chi connectivity index (χ4v) is 3.57. The summed E-state index contributed by atoms with van der Waals surface area (Å²) in [6.07, 6.45) is 2.35. The molecule has 112 valence electrons. The van der Waals surface area contributed by atoms with Crippen molar-refractivity contribution in [1.82, 2.24) is 15.1 Å². The molecule has 1 fully saturated rings. The second-order valence-electron chi connectivity index (χ2n) is 5.37. The molecule has 0 bridgehead atoms. The molecule has 1 atom stereocenters. The number of amides is 1. The van der Waals surface area contributed by atoms with Crippen LogP contribution in [0.2, 0.25) is 4.34 Å². The molecule has 1 aliphatic rings. The van der Waals surface area contributed by atoms with Gasteiger partial charge in [0, 0.05) is 24.5 Å². The average molecular weight is 316 g/mol. The van der Waals surface area contributed by atoms with Gasteiger partial charge in [-0.05, 0) is 38.6 Å². The van der Waals surface area contributed by atoms with E-state index in [0.717, 1.165) is 22.3 Å². The standard InChI is InChI=1S/C14H22ClN3OS/c1-17(11-4-3-7-16-8-11)10-14(19)18(2)9-12-5-6-13(15)20-12/h5-6,11,16H,3-4,7-10H2,1-2H3. The first-order valence-corrected chi connectivity index (χ1v) is 8.15. The first-order chi connectivity index (χ1) is 9.56. The number of thiophene rings is 1. The molecular weight excluding hydrogens is 294 g/mol. The van der Waals surface area contributed by atoms with Crippen LogP contribution in [0.25, 0.3) is 0 Å². The summed E-state index contributed by atoms with van der Waals surface area (Å²) in [6, 6.07) is 4.32. The molecule has 6 heteroatoms. The zero-order valence-corrected chi connectivity index (χ0v) is 13.6. The Labute approximate surface area is 129 Å². The van der Waals surface area contributed by atoms with Crippen molar-refractivity contribution in [3.05, 3.63) is 21.3 Å². The van der Waals surface area contributed by atoms with Crippen LogP contribution in [-0.2, 0) is 11.3 Å². The number of rotatable bonds is 5. The van der Waals surface area contributed by atoms with Gasteiger partial charge < -0.3 is 10.2 Å². The van der Waals surface area contributed by atoms with Gasteiger partial charge in [-0.1, -0.05) is 11.6 Å². The lowest BCUT2D eigenvalue weighted by Crippen LogP contribution is -2.47. The van der Waals surface area contributed by atoms with E-state index >= 15 is 0 Å². The van der Waals surface area contributed by atoms with Crippen molar-refractivity contribution in [2.24, 2.45) is 0 Å². The van der Waals surface area contributed by atoms with Gasteiger partial charge in [0.15, 0.2) is 0 Å². The molecule has 1 aromatic heterocycles. The number of nitrogens with zero attached hydrogens (tertiary/aromatic N) is 2. The maximum atomic E-state index is 12.2. The zero-order chi connectivity index (χ0) is 14.5. The van der Waals surface area contributed by atoms with E-state index in [-0.39, 0.29) is 5.91 Å². The van der Waals surface area contributed by atoms with E-state index in [2.05, 4.69) is 10.2 Å². The second kappa shape index (κ2) is 7.41. The maximum Gasteiger partial charge on any atom is 0.236 e. The summed E-state index contributed by atoms with van der Waals surface area (Å²) in [6.45, 7) is 3.18. The van der Waals surface area contributed by atoms with E-state index in [1.54, 1.807) is 4.90 Å². The average Bonchev–Trinajstić information content (AvgIpc) is 2.85. The van der Waals surface area contributed by atoms with Crippen LogP contribution in [0.1, 0.15) is 17.7 Å². The van der Waals surface area contributed by atoms with Crippen LogP contribution < -0.4 is 5.32 Å². The number of hydrogen-bond acceptors (Lipinski definition) is 4. The predicted octanol–water partition coefficient (Wildman–Crippen LogP) is 2.04. The molecule has 4 nitrogen and oxygen atoms in total. The third kappa shape index (κ3) is 4.45. The molecule has 1 N–H and O–H groups in total. The van der Waals surface area contributed by atoms with E-state index in [0.29, 0.717) is 19.1 Å². The molecule has 0 radical (unpaired) electrons. The Balaban J connectivity index is 1.80. The van der Waals surface area contributed by atoms with Crippen molar-refractivity contribution < 1.29 is 4.79 Å². The van der Waals surface area contributed by atoms with Crippen LogP contribution in [-0.4, -0.2) is 55.5 Å². The molecule has 0 saturated carbocycles. The Bertz CT molecular complexity index is 445. The molecule has 0 spiro atoms. The van der Waals surface area contributed by atoms with Crippen molar-refractivity contribution in [3.8, 4) is 0 Å². The third-order valence-electron chi connectivity index (χ3n) is 3.73. The number of likely N-dealkylation sites (N-methyl/N-ethyl adjacent to an activating group) is 2. The van der Waals surface area contributed by atoms with Gasteiger partial charge in [-0.3, -0.25) is 9.69 Å². The number of piperidine rings is 1. The molecular formula is C14H22ClN3OS. The quantitative estimate of drug-likeness (QED) is 0.903. The van der Waals surface area contributed by atoms with E-state index in [1.807, 2.05) is 26.2 Å². The highest BCUT2D eigenvalue weighted by Gasteiger charge is 2.21. The Kier molecular flexibility index (Phi) is 5.84. The molecule has 1 amide bonds. The van der Waals surface area contributed by atoms with Gasteiger partial charge >= 0.3 is 0 Å². The lowest BCUT2D eigenvalue weighted by molar-refractivity contribution is -0.131. The number of hydrogen-bond donors (Lipinski definition) is 1. The fourth-order valence-electron chi connectivity index (χ4n) is 2.43. The Morgan fingerprint density at radius 1 is 1.50 bits per heavy atom. The summed E-state index contributed by atoms with van der Waals surface area (Å²) in [5.41, 5.74) is 0. The highest BCUT2D eigenvalue weighted by atomic mass is 35.5. The Morgan fingerprint density at radius 2 is 2.30 bits per heavy atom. The monoisotopic (exact) mass is 315 g/mol. The molecule has 0 aromatic carbocycles. The van der Waals surface area contributed by atoms with Crippen LogP contribution in [0.5, 0.6) is 0 Å². The largest absolute Gasteiger partial charge is 0.340 e. The van der Waals surface area contributed by atoms with Crippen molar-refractivity contribution in [2.45, 2.75) is 25.4 Å². The zero-order valence-electron chi connectivity index (χ0n) is 12.1. The molecule has 1 aliphatic heterocycles. The number of carbonyl (C=O) groups is 1. The minimum absolute atomic E-state index is 0.155. The van der Waals surface area contributed by atoms with Crippen molar-refractivity contribution in [1.29, 1.82) is 0 Å². The molecule has 2 rings (SSSR count). The van der Waals surface area contributed by atoms with Crippen LogP contribution in [0, 0.1) is 0 Å². The van der Waals surface area contributed by atoms with Crippen LogP contribution in [0.4, 0.5) is 0 Å². The molecule has 1 saturated heterocycles. The van der Waals surface area contributed by atoms with Crippen molar-refractivity contribution in [2.75, 3.05) is 33.7 Å². The van der Waals surface area contributed by atoms with Crippen LogP contribution in [0.15, 0.2) is 12.1 Å². The first-order valence-electron chi connectivity index (χ1n) is 6.95. The minimum Gasteiger partial charge on any atom is -0.340 e. The van der Waals surface area contributed by atoms with Gasteiger partial charge in [0.1, 0.15) is 0 Å². The van der Waals surface area contributed by atoms with Gasteiger partial charge in [-0.2, -0.15) is 0 Å². The SMILES string of the molecule is CN(Cc1ccc(Cl)s1)C(=O)CN(C)C1CCCNC1. The molecule has 20 heavy (non-hydrogen) atoms. The van der Waals surface area contributed by atoms with Crippen molar-refractivity contribution >= 4 is 28.8 Å². The number of nitrogens with one attached hydrogen (secondary N) is 1. The number of carbonyl (C=O) groups excluding carboxylic acids is 1. The predicted molar refractivity (Wildman–Crippen MR) is 84.3 cm³/mol. The van der Waals surface area contributed by atoms with Crippen LogP contribution >= 0.6 is 22.9 Å².